The van der Waals surface area contributed by atoms with Gasteiger partial charge in [0.15, 0.2) is 11.5 Å². The molecule has 2 aliphatic rings. The van der Waals surface area contributed by atoms with Crippen LogP contribution in [-0.4, -0.2) is 37.6 Å². The molecule has 2 amide bonds. The van der Waals surface area contributed by atoms with Crippen LogP contribution in [0, 0.1) is 5.82 Å². The van der Waals surface area contributed by atoms with Gasteiger partial charge in [0.25, 0.3) is 5.91 Å². The van der Waals surface area contributed by atoms with Gasteiger partial charge in [-0.2, -0.15) is 0 Å². The van der Waals surface area contributed by atoms with Gasteiger partial charge in [0.05, 0.1) is 6.04 Å². The maximum absolute atomic E-state index is 13.3. The topological polar surface area (TPSA) is 67.9 Å². The van der Waals surface area contributed by atoms with Gasteiger partial charge in [-0.25, -0.2) is 4.39 Å². The lowest BCUT2D eigenvalue weighted by atomic mass is 10.2. The van der Waals surface area contributed by atoms with Crippen LogP contribution in [0.3, 0.4) is 0 Å². The second-order valence-corrected chi connectivity index (χ2v) is 6.22. The highest BCUT2D eigenvalue weighted by Crippen LogP contribution is 2.35. The Morgan fingerprint density at radius 2 is 1.92 bits per heavy atom. The number of rotatable bonds is 3. The van der Waals surface area contributed by atoms with Crippen LogP contribution >= 0.6 is 0 Å². The van der Waals surface area contributed by atoms with Gasteiger partial charge < -0.3 is 19.7 Å². The van der Waals surface area contributed by atoms with E-state index in [1.54, 1.807) is 23.1 Å². The van der Waals surface area contributed by atoms with Gasteiger partial charge in [-0.15, -0.1) is 0 Å². The van der Waals surface area contributed by atoms with Gasteiger partial charge >= 0.3 is 0 Å². The Bertz CT molecular complexity index is 870. The van der Waals surface area contributed by atoms with Crippen molar-refractivity contribution in [3.05, 3.63) is 53.8 Å². The predicted octanol–water partition coefficient (Wildman–Crippen LogP) is 2.13. The average Bonchev–Trinajstić information content (AvgIpc) is 3.01. The van der Waals surface area contributed by atoms with E-state index in [1.807, 2.05) is 0 Å². The zero-order chi connectivity index (χ0) is 18.1. The summed E-state index contributed by atoms with van der Waals surface area (Å²) in [5, 5.41) is 2.79. The molecule has 0 radical (unpaired) electrons. The van der Waals surface area contributed by atoms with E-state index in [0.29, 0.717) is 36.9 Å². The molecule has 0 spiro atoms. The molecular weight excluding hydrogens is 339 g/mol. The van der Waals surface area contributed by atoms with Crippen molar-refractivity contribution in [3.63, 3.8) is 0 Å². The number of halogens is 1. The minimum atomic E-state index is -0.474. The summed E-state index contributed by atoms with van der Waals surface area (Å²) < 4.78 is 24.3. The van der Waals surface area contributed by atoms with Gasteiger partial charge in [-0.1, -0.05) is 6.07 Å². The molecule has 134 valence electrons. The van der Waals surface area contributed by atoms with E-state index in [9.17, 15) is 14.0 Å². The fraction of sp³-hybridized carbons (Fsp3) is 0.263. The number of hydrogen-bond donors (Lipinski definition) is 1. The molecule has 7 heteroatoms. The third-order valence-electron chi connectivity index (χ3n) is 4.38. The summed E-state index contributed by atoms with van der Waals surface area (Å²) >= 11 is 0. The molecule has 1 atom stereocenters. The zero-order valence-corrected chi connectivity index (χ0v) is 13.9. The highest BCUT2D eigenvalue weighted by molar-refractivity contribution is 5.99. The summed E-state index contributed by atoms with van der Waals surface area (Å²) in [7, 11) is 0. The maximum Gasteiger partial charge on any atom is 0.251 e. The van der Waals surface area contributed by atoms with Crippen molar-refractivity contribution in [1.82, 2.24) is 5.32 Å². The monoisotopic (exact) mass is 356 g/mol. The molecule has 1 unspecified atom stereocenters. The summed E-state index contributed by atoms with van der Waals surface area (Å²) in [6.45, 7) is 1.32. The third kappa shape index (κ3) is 3.20. The number of amides is 2. The second kappa shape index (κ2) is 6.67. The standard InChI is InChI=1S/C19H17FN2O4/c20-13-3-1-2-12(8-13)19(24)21-14-9-18(23)22(11-14)15-4-5-16-17(10-15)26-7-6-25-16/h1-5,8,10,14H,6-7,9,11H2,(H,21,24). The second-order valence-electron chi connectivity index (χ2n) is 6.22. The van der Waals surface area contributed by atoms with Gasteiger partial charge in [0.1, 0.15) is 19.0 Å². The van der Waals surface area contributed by atoms with Crippen molar-refractivity contribution in [2.75, 3.05) is 24.7 Å². The molecule has 2 aliphatic heterocycles. The molecule has 1 fully saturated rings. The van der Waals surface area contributed by atoms with E-state index < -0.39 is 11.7 Å². The molecule has 0 bridgehead atoms. The minimum absolute atomic E-state index is 0.0915. The Balaban J connectivity index is 1.46. The average molecular weight is 356 g/mol. The van der Waals surface area contributed by atoms with E-state index >= 15 is 0 Å². The van der Waals surface area contributed by atoms with Crippen molar-refractivity contribution >= 4 is 17.5 Å². The molecule has 26 heavy (non-hydrogen) atoms. The van der Waals surface area contributed by atoms with Crippen molar-refractivity contribution < 1.29 is 23.5 Å². The molecule has 0 saturated carbocycles. The lowest BCUT2D eigenvalue weighted by Crippen LogP contribution is -2.37. The van der Waals surface area contributed by atoms with Crippen molar-refractivity contribution in [1.29, 1.82) is 0 Å². The van der Waals surface area contributed by atoms with E-state index in [2.05, 4.69) is 5.32 Å². The molecule has 2 aromatic carbocycles. The first-order valence-electron chi connectivity index (χ1n) is 8.36. The molecule has 1 N–H and O–H groups in total. The summed E-state index contributed by atoms with van der Waals surface area (Å²) in [6, 6.07) is 10.5. The van der Waals surface area contributed by atoms with Crippen LogP contribution in [0.1, 0.15) is 16.8 Å². The van der Waals surface area contributed by atoms with E-state index in [1.165, 1.54) is 24.3 Å². The van der Waals surface area contributed by atoms with Crippen LogP contribution in [0.15, 0.2) is 42.5 Å². The summed E-state index contributed by atoms with van der Waals surface area (Å²) in [5.41, 5.74) is 0.928. The van der Waals surface area contributed by atoms with Crippen molar-refractivity contribution in [2.24, 2.45) is 0 Å². The molecule has 2 aromatic rings. The number of ether oxygens (including phenoxy) is 2. The first kappa shape index (κ1) is 16.4. The van der Waals surface area contributed by atoms with Crippen LogP contribution in [0.2, 0.25) is 0 Å². The maximum atomic E-state index is 13.3. The van der Waals surface area contributed by atoms with Crippen LogP contribution in [-0.2, 0) is 4.79 Å². The SMILES string of the molecule is O=C(NC1CC(=O)N(c2ccc3c(c2)OCCO3)C1)c1cccc(F)c1. The van der Waals surface area contributed by atoms with Crippen molar-refractivity contribution in [2.45, 2.75) is 12.5 Å². The van der Waals surface area contributed by atoms with E-state index in [4.69, 9.17) is 9.47 Å². The van der Waals surface area contributed by atoms with Gasteiger partial charge in [0, 0.05) is 30.3 Å². The number of hydrogen-bond acceptors (Lipinski definition) is 4. The molecule has 0 aromatic heterocycles. The number of carbonyl (C=O) groups is 2. The largest absolute Gasteiger partial charge is 0.486 e. The fourth-order valence-electron chi connectivity index (χ4n) is 3.15. The Hall–Kier alpha value is -3.09. The molecule has 0 aliphatic carbocycles. The Labute approximate surface area is 149 Å². The van der Waals surface area contributed by atoms with Crippen molar-refractivity contribution in [3.8, 4) is 11.5 Å². The fourth-order valence-corrected chi connectivity index (χ4v) is 3.15. The van der Waals surface area contributed by atoms with Gasteiger partial charge in [-0.05, 0) is 30.3 Å². The number of benzene rings is 2. The number of anilines is 1. The Morgan fingerprint density at radius 1 is 1.12 bits per heavy atom. The van der Waals surface area contributed by atoms with Gasteiger partial charge in [-0.3, -0.25) is 9.59 Å². The lowest BCUT2D eigenvalue weighted by Gasteiger charge is -2.22. The third-order valence-corrected chi connectivity index (χ3v) is 4.38. The lowest BCUT2D eigenvalue weighted by molar-refractivity contribution is -0.117. The molecule has 4 rings (SSSR count). The zero-order valence-electron chi connectivity index (χ0n) is 13.9. The molecule has 2 heterocycles. The summed E-state index contributed by atoms with van der Waals surface area (Å²) in [5.74, 6) is 0.298. The number of nitrogens with one attached hydrogen (secondary N) is 1. The van der Waals surface area contributed by atoms with Gasteiger partial charge in [0.2, 0.25) is 5.91 Å². The predicted molar refractivity (Wildman–Crippen MR) is 92.1 cm³/mol. The first-order valence-corrected chi connectivity index (χ1v) is 8.36. The normalized spacial score (nSPS) is 18.7. The number of carbonyl (C=O) groups excluding carboxylic acids is 2. The quantitative estimate of drug-likeness (QED) is 0.915. The summed E-state index contributed by atoms with van der Waals surface area (Å²) in [4.78, 5) is 26.2. The highest BCUT2D eigenvalue weighted by atomic mass is 19.1. The number of nitrogens with zero attached hydrogens (tertiary/aromatic N) is 1. The first-order chi connectivity index (χ1) is 12.6. The Morgan fingerprint density at radius 3 is 2.73 bits per heavy atom. The Kier molecular flexibility index (Phi) is 4.20. The van der Waals surface area contributed by atoms with Crippen LogP contribution < -0.4 is 19.7 Å². The number of fused-ring (bicyclic) bond motifs is 1. The van der Waals surface area contributed by atoms with E-state index in [0.717, 1.165) is 0 Å². The minimum Gasteiger partial charge on any atom is -0.486 e. The smallest absolute Gasteiger partial charge is 0.251 e. The van der Waals surface area contributed by atoms with Crippen LogP contribution in [0.25, 0.3) is 0 Å². The van der Waals surface area contributed by atoms with Crippen LogP contribution in [0.5, 0.6) is 11.5 Å². The highest BCUT2D eigenvalue weighted by Gasteiger charge is 2.32. The molecular formula is C19H17FN2O4. The van der Waals surface area contributed by atoms with E-state index in [-0.39, 0.29) is 23.9 Å². The summed E-state index contributed by atoms with van der Waals surface area (Å²) in [6.07, 6.45) is 0.190. The van der Waals surface area contributed by atoms with Crippen LogP contribution in [0.4, 0.5) is 10.1 Å². The molecule has 1 saturated heterocycles. The molecule has 6 nitrogen and oxygen atoms in total.